The molecule has 0 unspecified atom stereocenters. The summed E-state index contributed by atoms with van der Waals surface area (Å²) >= 11 is 5.97. The highest BCUT2D eigenvalue weighted by Gasteiger charge is 2.15. The van der Waals surface area contributed by atoms with Crippen molar-refractivity contribution in [3.63, 3.8) is 0 Å². The Balaban J connectivity index is 2.32. The molecule has 0 N–H and O–H groups in total. The molecule has 0 saturated carbocycles. The molecule has 0 radical (unpaired) electrons. The summed E-state index contributed by atoms with van der Waals surface area (Å²) in [6, 6.07) is 4.99. The number of carbonyl (C=O) groups is 1. The van der Waals surface area contributed by atoms with Crippen LogP contribution in [0, 0.1) is 0 Å². The van der Waals surface area contributed by atoms with Crippen molar-refractivity contribution in [2.24, 2.45) is 4.99 Å². The van der Waals surface area contributed by atoms with E-state index in [1.165, 1.54) is 7.11 Å². The van der Waals surface area contributed by atoms with Crippen LogP contribution in [0.1, 0.15) is 15.9 Å². The van der Waals surface area contributed by atoms with Crippen molar-refractivity contribution in [1.29, 1.82) is 0 Å². The number of nitrogens with zero attached hydrogens (tertiary/aromatic N) is 1. The molecule has 0 amide bonds. The van der Waals surface area contributed by atoms with Gasteiger partial charge in [-0.3, -0.25) is 0 Å². The molecule has 4 nitrogen and oxygen atoms in total. The second-order valence-electron chi connectivity index (χ2n) is 3.22. The molecule has 1 aromatic carbocycles. The van der Waals surface area contributed by atoms with Crippen LogP contribution in [0.5, 0.6) is 0 Å². The minimum Gasteiger partial charge on any atom is -0.476 e. The normalized spacial score (nSPS) is 14.2. The van der Waals surface area contributed by atoms with Crippen LogP contribution in [0.2, 0.25) is 5.02 Å². The molecule has 0 aromatic heterocycles. The van der Waals surface area contributed by atoms with Gasteiger partial charge in [0.05, 0.1) is 24.2 Å². The number of aliphatic imine (C=N–C) groups is 1. The quantitative estimate of drug-likeness (QED) is 0.741. The first-order chi connectivity index (χ1) is 7.72. The van der Waals surface area contributed by atoms with E-state index >= 15 is 0 Å². The van der Waals surface area contributed by atoms with E-state index in [1.54, 1.807) is 18.2 Å². The molecule has 0 fully saturated rings. The average molecular weight is 240 g/mol. The monoisotopic (exact) mass is 239 g/mol. The standard InChI is InChI=1S/C11H10ClNO3/c1-15-11(14)8-3-2-7(6-9(8)12)10-13-4-5-16-10/h2-3,6H,4-5H2,1H3. The molecule has 16 heavy (non-hydrogen) atoms. The third-order valence-electron chi connectivity index (χ3n) is 2.21. The first-order valence-corrected chi connectivity index (χ1v) is 5.15. The molecule has 1 aliphatic rings. The molecule has 0 spiro atoms. The van der Waals surface area contributed by atoms with E-state index in [9.17, 15) is 4.79 Å². The Hall–Kier alpha value is -1.55. The van der Waals surface area contributed by atoms with Gasteiger partial charge in [-0.05, 0) is 18.2 Å². The number of hydrogen-bond donors (Lipinski definition) is 0. The van der Waals surface area contributed by atoms with Gasteiger partial charge in [0.15, 0.2) is 0 Å². The van der Waals surface area contributed by atoms with Gasteiger partial charge in [-0.1, -0.05) is 11.6 Å². The summed E-state index contributed by atoms with van der Waals surface area (Å²) in [5.41, 5.74) is 1.11. The molecule has 1 aromatic rings. The van der Waals surface area contributed by atoms with Gasteiger partial charge in [-0.2, -0.15) is 0 Å². The van der Waals surface area contributed by atoms with Crippen LogP contribution in [-0.4, -0.2) is 32.1 Å². The molecular formula is C11H10ClNO3. The molecular weight excluding hydrogens is 230 g/mol. The fourth-order valence-electron chi connectivity index (χ4n) is 1.43. The first kappa shape index (κ1) is 11.0. The minimum atomic E-state index is -0.453. The number of hydrogen-bond acceptors (Lipinski definition) is 4. The minimum absolute atomic E-state index is 0.336. The summed E-state index contributed by atoms with van der Waals surface area (Å²) < 4.78 is 9.89. The second-order valence-corrected chi connectivity index (χ2v) is 3.63. The van der Waals surface area contributed by atoms with Crippen LogP contribution in [0.4, 0.5) is 0 Å². The number of carbonyl (C=O) groups excluding carboxylic acids is 1. The molecule has 5 heteroatoms. The van der Waals surface area contributed by atoms with E-state index in [4.69, 9.17) is 16.3 Å². The van der Waals surface area contributed by atoms with Gasteiger partial charge in [0.2, 0.25) is 5.90 Å². The summed E-state index contributed by atoms with van der Waals surface area (Å²) in [5.74, 6) is 0.115. The van der Waals surface area contributed by atoms with E-state index in [2.05, 4.69) is 9.73 Å². The van der Waals surface area contributed by atoms with Crippen molar-refractivity contribution in [1.82, 2.24) is 0 Å². The van der Waals surface area contributed by atoms with Crippen molar-refractivity contribution >= 4 is 23.5 Å². The number of methoxy groups -OCH3 is 1. The van der Waals surface area contributed by atoms with Crippen LogP contribution in [0.15, 0.2) is 23.2 Å². The average Bonchev–Trinajstić information content (AvgIpc) is 2.81. The highest BCUT2D eigenvalue weighted by Crippen LogP contribution is 2.20. The third-order valence-corrected chi connectivity index (χ3v) is 2.52. The summed E-state index contributed by atoms with van der Waals surface area (Å²) in [6.45, 7) is 1.25. The van der Waals surface area contributed by atoms with Gasteiger partial charge in [-0.15, -0.1) is 0 Å². The lowest BCUT2D eigenvalue weighted by Crippen LogP contribution is -2.05. The maximum absolute atomic E-state index is 11.3. The first-order valence-electron chi connectivity index (χ1n) is 4.78. The van der Waals surface area contributed by atoms with Gasteiger partial charge in [0.1, 0.15) is 6.61 Å². The number of halogens is 1. The number of benzene rings is 1. The lowest BCUT2D eigenvalue weighted by molar-refractivity contribution is 0.0601. The van der Waals surface area contributed by atoms with Crippen LogP contribution in [-0.2, 0) is 9.47 Å². The zero-order chi connectivity index (χ0) is 11.5. The van der Waals surface area contributed by atoms with Gasteiger partial charge in [0.25, 0.3) is 0 Å². The van der Waals surface area contributed by atoms with E-state index in [-0.39, 0.29) is 0 Å². The summed E-state index contributed by atoms with van der Waals surface area (Å²) in [4.78, 5) is 15.5. The van der Waals surface area contributed by atoms with Gasteiger partial charge in [-0.25, -0.2) is 9.79 Å². The van der Waals surface area contributed by atoms with Crippen LogP contribution < -0.4 is 0 Å². The number of esters is 1. The predicted molar refractivity (Wildman–Crippen MR) is 60.1 cm³/mol. The molecule has 0 atom stereocenters. The predicted octanol–water partition coefficient (Wildman–Crippen LogP) is 1.90. The maximum atomic E-state index is 11.3. The Labute approximate surface area is 97.8 Å². The highest BCUT2D eigenvalue weighted by atomic mass is 35.5. The van der Waals surface area contributed by atoms with Gasteiger partial charge < -0.3 is 9.47 Å². The van der Waals surface area contributed by atoms with Crippen molar-refractivity contribution in [2.45, 2.75) is 0 Å². The van der Waals surface area contributed by atoms with E-state index in [1.807, 2.05) is 0 Å². The van der Waals surface area contributed by atoms with Crippen LogP contribution in [0.25, 0.3) is 0 Å². The molecule has 1 heterocycles. The summed E-state index contributed by atoms with van der Waals surface area (Å²) in [7, 11) is 1.32. The van der Waals surface area contributed by atoms with Crippen LogP contribution in [0.3, 0.4) is 0 Å². The Morgan fingerprint density at radius 3 is 2.94 bits per heavy atom. The lowest BCUT2D eigenvalue weighted by atomic mass is 10.1. The summed E-state index contributed by atoms with van der Waals surface area (Å²) in [6.07, 6.45) is 0. The second kappa shape index (κ2) is 4.53. The fourth-order valence-corrected chi connectivity index (χ4v) is 1.69. The Bertz CT molecular complexity index is 457. The van der Waals surface area contributed by atoms with E-state index in [0.717, 1.165) is 5.56 Å². The molecule has 0 bridgehead atoms. The number of ether oxygens (including phenoxy) is 2. The SMILES string of the molecule is COC(=O)c1ccc(C2=NCCO2)cc1Cl. The topological polar surface area (TPSA) is 47.9 Å². The Morgan fingerprint density at radius 2 is 2.38 bits per heavy atom. The van der Waals surface area contributed by atoms with Gasteiger partial charge in [0, 0.05) is 5.56 Å². The van der Waals surface area contributed by atoms with Crippen molar-refractivity contribution in [3.8, 4) is 0 Å². The molecule has 2 rings (SSSR count). The Morgan fingerprint density at radius 1 is 1.56 bits per heavy atom. The molecule has 84 valence electrons. The third kappa shape index (κ3) is 2.02. The molecule has 0 aliphatic carbocycles. The summed E-state index contributed by atoms with van der Waals surface area (Å²) in [5, 5.41) is 0.336. The van der Waals surface area contributed by atoms with E-state index < -0.39 is 5.97 Å². The van der Waals surface area contributed by atoms with E-state index in [0.29, 0.717) is 29.6 Å². The zero-order valence-corrected chi connectivity index (χ0v) is 9.45. The Kier molecular flexibility index (Phi) is 3.10. The maximum Gasteiger partial charge on any atom is 0.339 e. The van der Waals surface area contributed by atoms with Crippen molar-refractivity contribution in [2.75, 3.05) is 20.3 Å². The number of rotatable bonds is 2. The highest BCUT2D eigenvalue weighted by molar-refractivity contribution is 6.34. The zero-order valence-electron chi connectivity index (χ0n) is 8.70. The van der Waals surface area contributed by atoms with Crippen molar-refractivity contribution in [3.05, 3.63) is 34.3 Å². The fraction of sp³-hybridized carbons (Fsp3) is 0.273. The smallest absolute Gasteiger partial charge is 0.339 e. The largest absolute Gasteiger partial charge is 0.476 e. The van der Waals surface area contributed by atoms with Crippen LogP contribution >= 0.6 is 11.6 Å². The molecule has 1 aliphatic heterocycles. The van der Waals surface area contributed by atoms with Gasteiger partial charge >= 0.3 is 5.97 Å². The lowest BCUT2D eigenvalue weighted by Gasteiger charge is -2.05. The van der Waals surface area contributed by atoms with Crippen molar-refractivity contribution < 1.29 is 14.3 Å². The molecule has 0 saturated heterocycles.